The molecular formula is C15H24N2. The number of anilines is 1. The number of nitrogens with two attached hydrogens (primary N) is 1. The lowest BCUT2D eigenvalue weighted by Gasteiger charge is -2.26. The molecule has 0 amide bonds. The highest BCUT2D eigenvalue weighted by Crippen LogP contribution is 2.31. The van der Waals surface area contributed by atoms with Crippen LogP contribution in [-0.2, 0) is 5.41 Å². The van der Waals surface area contributed by atoms with Crippen LogP contribution in [0.3, 0.4) is 0 Å². The average Bonchev–Trinajstić information content (AvgIpc) is 2.64. The lowest BCUT2D eigenvalue weighted by atomic mass is 9.85. The standard InChI is InChI=1S/C15H24N2/c1-15(2,3)11-7-4-5-9-13(11)17-14-10-6-8-12(14)16/h4-5,7,9,12,14,17H,6,8,10,16H2,1-3H3. The fraction of sp³-hybridized carbons (Fsp3) is 0.600. The van der Waals surface area contributed by atoms with Crippen molar-refractivity contribution in [2.45, 2.75) is 57.5 Å². The van der Waals surface area contributed by atoms with E-state index in [0.29, 0.717) is 12.1 Å². The maximum atomic E-state index is 6.12. The maximum absolute atomic E-state index is 6.12. The molecule has 0 radical (unpaired) electrons. The van der Waals surface area contributed by atoms with Crippen molar-refractivity contribution < 1.29 is 0 Å². The first-order valence-electron chi connectivity index (χ1n) is 6.60. The summed E-state index contributed by atoms with van der Waals surface area (Å²) in [5, 5.41) is 3.64. The third-order valence-electron chi connectivity index (χ3n) is 3.65. The van der Waals surface area contributed by atoms with Crippen molar-refractivity contribution in [3.63, 3.8) is 0 Å². The topological polar surface area (TPSA) is 38.0 Å². The van der Waals surface area contributed by atoms with Crippen LogP contribution in [0.15, 0.2) is 24.3 Å². The molecule has 1 aliphatic carbocycles. The van der Waals surface area contributed by atoms with Crippen molar-refractivity contribution in [3.05, 3.63) is 29.8 Å². The Morgan fingerprint density at radius 2 is 1.88 bits per heavy atom. The second kappa shape index (κ2) is 4.69. The van der Waals surface area contributed by atoms with Gasteiger partial charge in [0, 0.05) is 17.8 Å². The van der Waals surface area contributed by atoms with E-state index >= 15 is 0 Å². The van der Waals surface area contributed by atoms with Gasteiger partial charge in [-0.15, -0.1) is 0 Å². The lowest BCUT2D eigenvalue weighted by molar-refractivity contribution is 0.585. The summed E-state index contributed by atoms with van der Waals surface area (Å²) in [7, 11) is 0. The van der Waals surface area contributed by atoms with E-state index < -0.39 is 0 Å². The SMILES string of the molecule is CC(C)(C)c1ccccc1NC1CCCC1N. The van der Waals surface area contributed by atoms with E-state index in [1.165, 1.54) is 24.1 Å². The van der Waals surface area contributed by atoms with Gasteiger partial charge in [-0.05, 0) is 36.3 Å². The van der Waals surface area contributed by atoms with Crippen molar-refractivity contribution in [2.75, 3.05) is 5.32 Å². The van der Waals surface area contributed by atoms with E-state index in [1.54, 1.807) is 0 Å². The molecule has 2 heteroatoms. The van der Waals surface area contributed by atoms with Crippen molar-refractivity contribution in [1.82, 2.24) is 0 Å². The Bertz CT molecular complexity index is 379. The number of para-hydroxylation sites is 1. The summed E-state index contributed by atoms with van der Waals surface area (Å²) in [6, 6.07) is 9.34. The van der Waals surface area contributed by atoms with Crippen molar-refractivity contribution in [3.8, 4) is 0 Å². The third kappa shape index (κ3) is 2.81. The van der Waals surface area contributed by atoms with E-state index in [2.05, 4.69) is 50.4 Å². The molecule has 1 aromatic rings. The number of hydrogen-bond acceptors (Lipinski definition) is 2. The van der Waals surface area contributed by atoms with E-state index in [0.717, 1.165) is 6.42 Å². The Labute approximate surface area is 105 Å². The largest absolute Gasteiger partial charge is 0.381 e. The summed E-state index contributed by atoms with van der Waals surface area (Å²) >= 11 is 0. The summed E-state index contributed by atoms with van der Waals surface area (Å²) in [5.74, 6) is 0. The minimum absolute atomic E-state index is 0.173. The highest BCUT2D eigenvalue weighted by atomic mass is 15.0. The molecule has 1 aromatic carbocycles. The lowest BCUT2D eigenvalue weighted by Crippen LogP contribution is -2.35. The summed E-state index contributed by atoms with van der Waals surface area (Å²) in [6.45, 7) is 6.76. The zero-order chi connectivity index (χ0) is 12.5. The van der Waals surface area contributed by atoms with E-state index in [4.69, 9.17) is 5.73 Å². The van der Waals surface area contributed by atoms with Crippen LogP contribution in [0, 0.1) is 0 Å². The minimum atomic E-state index is 0.173. The van der Waals surface area contributed by atoms with Gasteiger partial charge in [-0.2, -0.15) is 0 Å². The summed E-state index contributed by atoms with van der Waals surface area (Å²) in [4.78, 5) is 0. The van der Waals surface area contributed by atoms with Crippen molar-refractivity contribution in [2.24, 2.45) is 5.73 Å². The van der Waals surface area contributed by atoms with Crippen LogP contribution >= 0.6 is 0 Å². The molecule has 0 saturated heterocycles. The molecule has 2 rings (SSSR count). The predicted molar refractivity (Wildman–Crippen MR) is 74.4 cm³/mol. The fourth-order valence-electron chi connectivity index (χ4n) is 2.63. The number of benzene rings is 1. The van der Waals surface area contributed by atoms with Gasteiger partial charge >= 0.3 is 0 Å². The Morgan fingerprint density at radius 3 is 2.47 bits per heavy atom. The van der Waals surface area contributed by atoms with Gasteiger partial charge in [0.05, 0.1) is 0 Å². The molecule has 0 bridgehead atoms. The summed E-state index contributed by atoms with van der Waals surface area (Å²) in [6.07, 6.45) is 3.59. The molecule has 17 heavy (non-hydrogen) atoms. The van der Waals surface area contributed by atoms with E-state index in [-0.39, 0.29) is 5.41 Å². The van der Waals surface area contributed by atoms with Gasteiger partial charge in [0.1, 0.15) is 0 Å². The first kappa shape index (κ1) is 12.4. The van der Waals surface area contributed by atoms with Crippen molar-refractivity contribution in [1.29, 1.82) is 0 Å². The third-order valence-corrected chi connectivity index (χ3v) is 3.65. The molecule has 1 fully saturated rings. The minimum Gasteiger partial charge on any atom is -0.381 e. The molecule has 1 saturated carbocycles. The normalized spacial score (nSPS) is 24.9. The van der Waals surface area contributed by atoms with Gasteiger partial charge in [0.25, 0.3) is 0 Å². The van der Waals surface area contributed by atoms with Crippen LogP contribution in [0.1, 0.15) is 45.6 Å². The van der Waals surface area contributed by atoms with Gasteiger partial charge in [0.15, 0.2) is 0 Å². The van der Waals surface area contributed by atoms with Crippen LogP contribution in [0.2, 0.25) is 0 Å². The number of rotatable bonds is 2. The molecule has 0 aliphatic heterocycles. The second-order valence-electron chi connectivity index (χ2n) is 6.14. The van der Waals surface area contributed by atoms with Crippen LogP contribution in [0.4, 0.5) is 5.69 Å². The van der Waals surface area contributed by atoms with Gasteiger partial charge in [-0.25, -0.2) is 0 Å². The molecule has 2 atom stereocenters. The monoisotopic (exact) mass is 232 g/mol. The highest BCUT2D eigenvalue weighted by molar-refractivity contribution is 5.55. The van der Waals surface area contributed by atoms with Crippen LogP contribution in [0.5, 0.6) is 0 Å². The highest BCUT2D eigenvalue weighted by Gasteiger charge is 2.25. The summed E-state index contributed by atoms with van der Waals surface area (Å²) < 4.78 is 0. The van der Waals surface area contributed by atoms with Gasteiger partial charge in [-0.3, -0.25) is 0 Å². The first-order valence-corrected chi connectivity index (χ1v) is 6.60. The Kier molecular flexibility index (Phi) is 3.43. The van der Waals surface area contributed by atoms with Crippen LogP contribution in [0.25, 0.3) is 0 Å². The predicted octanol–water partition coefficient (Wildman–Crippen LogP) is 3.28. The molecule has 0 spiro atoms. The number of hydrogen-bond donors (Lipinski definition) is 2. The van der Waals surface area contributed by atoms with Gasteiger partial charge in [-0.1, -0.05) is 39.0 Å². The zero-order valence-electron chi connectivity index (χ0n) is 11.2. The summed E-state index contributed by atoms with van der Waals surface area (Å²) in [5.41, 5.74) is 8.92. The zero-order valence-corrected chi connectivity index (χ0v) is 11.2. The molecule has 2 unspecified atom stereocenters. The smallest absolute Gasteiger partial charge is 0.0412 e. The van der Waals surface area contributed by atoms with Crippen LogP contribution < -0.4 is 11.1 Å². The van der Waals surface area contributed by atoms with Crippen LogP contribution in [-0.4, -0.2) is 12.1 Å². The Balaban J connectivity index is 2.21. The van der Waals surface area contributed by atoms with Gasteiger partial charge < -0.3 is 11.1 Å². The molecule has 3 N–H and O–H groups in total. The molecule has 1 aliphatic rings. The fourth-order valence-corrected chi connectivity index (χ4v) is 2.63. The Morgan fingerprint density at radius 1 is 1.18 bits per heavy atom. The quantitative estimate of drug-likeness (QED) is 0.821. The molecular weight excluding hydrogens is 208 g/mol. The molecule has 0 heterocycles. The van der Waals surface area contributed by atoms with E-state index in [1.807, 2.05) is 0 Å². The molecule has 2 nitrogen and oxygen atoms in total. The maximum Gasteiger partial charge on any atom is 0.0412 e. The molecule has 94 valence electrons. The molecule has 0 aromatic heterocycles. The Hall–Kier alpha value is -1.02. The van der Waals surface area contributed by atoms with Crippen molar-refractivity contribution >= 4 is 5.69 Å². The average molecular weight is 232 g/mol. The van der Waals surface area contributed by atoms with E-state index in [9.17, 15) is 0 Å². The van der Waals surface area contributed by atoms with Gasteiger partial charge in [0.2, 0.25) is 0 Å². The number of nitrogens with one attached hydrogen (secondary N) is 1. The second-order valence-corrected chi connectivity index (χ2v) is 6.14. The first-order chi connectivity index (χ1) is 7.98.